The average molecular weight is 225 g/mol. The quantitative estimate of drug-likeness (QED) is 0.712. The van der Waals surface area contributed by atoms with Crippen LogP contribution in [-0.2, 0) is 14.4 Å². The number of imide groups is 1. The van der Waals surface area contributed by atoms with Crippen molar-refractivity contribution >= 4 is 17.8 Å². The van der Waals surface area contributed by atoms with Gasteiger partial charge >= 0.3 is 5.97 Å². The summed E-state index contributed by atoms with van der Waals surface area (Å²) in [7, 11) is 0. The average Bonchev–Trinajstić information content (AvgIpc) is 2.67. The molecule has 1 saturated carbocycles. The van der Waals surface area contributed by atoms with Crippen LogP contribution in [0.4, 0.5) is 0 Å². The fraction of sp³-hybridized carbons (Fsp3) is 0.727. The maximum atomic E-state index is 11.8. The third kappa shape index (κ3) is 1.94. The molecule has 2 rings (SSSR count). The van der Waals surface area contributed by atoms with E-state index in [4.69, 9.17) is 5.11 Å². The number of carbonyl (C=O) groups excluding carboxylic acids is 2. The van der Waals surface area contributed by atoms with Crippen molar-refractivity contribution in [3.8, 4) is 0 Å². The van der Waals surface area contributed by atoms with Crippen LogP contribution in [-0.4, -0.2) is 34.3 Å². The van der Waals surface area contributed by atoms with Gasteiger partial charge in [-0.1, -0.05) is 0 Å². The molecule has 0 spiro atoms. The number of piperidine rings is 1. The van der Waals surface area contributed by atoms with Crippen LogP contribution in [0.5, 0.6) is 0 Å². The lowest BCUT2D eigenvalue weighted by Crippen LogP contribution is -2.46. The highest BCUT2D eigenvalue weighted by molar-refractivity contribution is 6.00. The number of carboxylic acids is 1. The molecule has 2 amide bonds. The van der Waals surface area contributed by atoms with Gasteiger partial charge in [0.1, 0.15) is 0 Å². The maximum Gasteiger partial charge on any atom is 0.303 e. The van der Waals surface area contributed by atoms with Crippen molar-refractivity contribution in [2.45, 2.75) is 32.1 Å². The summed E-state index contributed by atoms with van der Waals surface area (Å²) in [6.07, 6.45) is 2.68. The standard InChI is InChI=1S/C11H15NO4/c13-9(14)2-1-5-12-10(15)7-3-4-8(6-7)11(12)16/h7-8H,1-6H2,(H,13,14). The molecule has 2 aliphatic rings. The first-order valence-corrected chi connectivity index (χ1v) is 5.66. The van der Waals surface area contributed by atoms with Crippen molar-refractivity contribution in [2.75, 3.05) is 6.54 Å². The van der Waals surface area contributed by atoms with Gasteiger partial charge < -0.3 is 5.11 Å². The van der Waals surface area contributed by atoms with Crippen molar-refractivity contribution in [2.24, 2.45) is 11.8 Å². The predicted octanol–water partition coefficient (Wildman–Crippen LogP) is 0.636. The summed E-state index contributed by atoms with van der Waals surface area (Å²) in [5, 5.41) is 8.50. The van der Waals surface area contributed by atoms with Gasteiger partial charge in [-0.05, 0) is 25.7 Å². The van der Waals surface area contributed by atoms with E-state index in [1.165, 1.54) is 4.90 Å². The third-order valence-corrected chi connectivity index (χ3v) is 3.44. The van der Waals surface area contributed by atoms with Crippen molar-refractivity contribution in [1.29, 1.82) is 0 Å². The molecule has 1 saturated heterocycles. The summed E-state index contributed by atoms with van der Waals surface area (Å²) in [5.74, 6) is -1.06. The van der Waals surface area contributed by atoms with Crippen LogP contribution >= 0.6 is 0 Å². The molecule has 5 nitrogen and oxygen atoms in total. The first kappa shape index (κ1) is 11.1. The Labute approximate surface area is 93.4 Å². The molecule has 1 aliphatic carbocycles. The molecule has 2 fully saturated rings. The molecule has 16 heavy (non-hydrogen) atoms. The molecule has 1 heterocycles. The molecule has 88 valence electrons. The number of hydrogen-bond donors (Lipinski definition) is 1. The number of hydrogen-bond acceptors (Lipinski definition) is 3. The van der Waals surface area contributed by atoms with E-state index < -0.39 is 5.97 Å². The fourth-order valence-corrected chi connectivity index (χ4v) is 2.59. The Balaban J connectivity index is 1.95. The zero-order chi connectivity index (χ0) is 11.7. The summed E-state index contributed by atoms with van der Waals surface area (Å²) in [6.45, 7) is 0.261. The minimum Gasteiger partial charge on any atom is -0.481 e. The van der Waals surface area contributed by atoms with E-state index in [1.807, 2.05) is 0 Å². The van der Waals surface area contributed by atoms with E-state index in [2.05, 4.69) is 0 Å². The first-order chi connectivity index (χ1) is 7.59. The summed E-state index contributed by atoms with van der Waals surface area (Å²) < 4.78 is 0. The largest absolute Gasteiger partial charge is 0.481 e. The van der Waals surface area contributed by atoms with Crippen LogP contribution < -0.4 is 0 Å². The highest BCUT2D eigenvalue weighted by Gasteiger charge is 2.44. The molecule has 0 aromatic heterocycles. The molecular formula is C11H15NO4. The highest BCUT2D eigenvalue weighted by Crippen LogP contribution is 2.38. The molecular weight excluding hydrogens is 210 g/mol. The van der Waals surface area contributed by atoms with Gasteiger partial charge in [0.15, 0.2) is 0 Å². The molecule has 2 bridgehead atoms. The number of fused-ring (bicyclic) bond motifs is 2. The van der Waals surface area contributed by atoms with Gasteiger partial charge in [-0.3, -0.25) is 19.3 Å². The van der Waals surface area contributed by atoms with Gasteiger partial charge in [0, 0.05) is 24.8 Å². The molecule has 0 aromatic carbocycles. The zero-order valence-electron chi connectivity index (χ0n) is 9.02. The van der Waals surface area contributed by atoms with Crippen LogP contribution in [0.15, 0.2) is 0 Å². The van der Waals surface area contributed by atoms with E-state index in [1.54, 1.807) is 0 Å². The lowest BCUT2D eigenvalue weighted by molar-refractivity contribution is -0.153. The van der Waals surface area contributed by atoms with Gasteiger partial charge in [-0.25, -0.2) is 0 Å². The third-order valence-electron chi connectivity index (χ3n) is 3.44. The number of carboxylic acid groups (broad SMARTS) is 1. The molecule has 1 N–H and O–H groups in total. The SMILES string of the molecule is O=C(O)CCCN1C(=O)C2CCC(C2)C1=O. The number of likely N-dealkylation sites (tertiary alicyclic amines) is 1. The predicted molar refractivity (Wildman–Crippen MR) is 54.4 cm³/mol. The van der Waals surface area contributed by atoms with Crippen LogP contribution in [0.3, 0.4) is 0 Å². The van der Waals surface area contributed by atoms with E-state index in [-0.39, 0.29) is 36.6 Å². The minimum atomic E-state index is -0.889. The number of carbonyl (C=O) groups is 3. The molecule has 2 atom stereocenters. The summed E-state index contributed by atoms with van der Waals surface area (Å²) in [5.41, 5.74) is 0. The van der Waals surface area contributed by atoms with Crippen LogP contribution in [0, 0.1) is 11.8 Å². The minimum absolute atomic E-state index is 0.00634. The van der Waals surface area contributed by atoms with Crippen molar-refractivity contribution in [1.82, 2.24) is 4.90 Å². The summed E-state index contributed by atoms with van der Waals surface area (Å²) >= 11 is 0. The second kappa shape index (κ2) is 4.23. The Hall–Kier alpha value is -1.39. The molecule has 5 heteroatoms. The van der Waals surface area contributed by atoms with E-state index >= 15 is 0 Å². The smallest absolute Gasteiger partial charge is 0.303 e. The van der Waals surface area contributed by atoms with E-state index in [0.717, 1.165) is 12.8 Å². The van der Waals surface area contributed by atoms with Gasteiger partial charge in [0.05, 0.1) is 0 Å². The second-order valence-electron chi connectivity index (χ2n) is 4.53. The molecule has 0 radical (unpaired) electrons. The lowest BCUT2D eigenvalue weighted by Gasteiger charge is -2.29. The van der Waals surface area contributed by atoms with Gasteiger partial charge in [-0.2, -0.15) is 0 Å². The Bertz CT molecular complexity index is 317. The first-order valence-electron chi connectivity index (χ1n) is 5.66. The van der Waals surface area contributed by atoms with Gasteiger partial charge in [0.2, 0.25) is 11.8 Å². The van der Waals surface area contributed by atoms with Crippen molar-refractivity contribution < 1.29 is 19.5 Å². The summed E-state index contributed by atoms with van der Waals surface area (Å²) in [6, 6.07) is 0. The normalized spacial score (nSPS) is 28.6. The monoisotopic (exact) mass is 225 g/mol. The van der Waals surface area contributed by atoms with Gasteiger partial charge in [-0.15, -0.1) is 0 Å². The van der Waals surface area contributed by atoms with Gasteiger partial charge in [0.25, 0.3) is 0 Å². The second-order valence-corrected chi connectivity index (χ2v) is 4.53. The number of rotatable bonds is 4. The highest BCUT2D eigenvalue weighted by atomic mass is 16.4. The molecule has 2 unspecified atom stereocenters. The summed E-state index contributed by atoms with van der Waals surface area (Å²) in [4.78, 5) is 35.3. The zero-order valence-corrected chi connectivity index (χ0v) is 9.02. The number of aliphatic carboxylic acids is 1. The Morgan fingerprint density at radius 3 is 2.31 bits per heavy atom. The fourth-order valence-electron chi connectivity index (χ4n) is 2.59. The van der Waals surface area contributed by atoms with Crippen molar-refractivity contribution in [3.63, 3.8) is 0 Å². The lowest BCUT2D eigenvalue weighted by atomic mass is 9.97. The van der Waals surface area contributed by atoms with Crippen molar-refractivity contribution in [3.05, 3.63) is 0 Å². The van der Waals surface area contributed by atoms with E-state index in [0.29, 0.717) is 12.8 Å². The van der Waals surface area contributed by atoms with Crippen LogP contribution in [0.1, 0.15) is 32.1 Å². The van der Waals surface area contributed by atoms with Crippen LogP contribution in [0.2, 0.25) is 0 Å². The molecule has 0 aromatic rings. The molecule has 1 aliphatic heterocycles. The maximum absolute atomic E-state index is 11.8. The Morgan fingerprint density at radius 2 is 1.81 bits per heavy atom. The van der Waals surface area contributed by atoms with E-state index in [9.17, 15) is 14.4 Å². The van der Waals surface area contributed by atoms with Crippen LogP contribution in [0.25, 0.3) is 0 Å². The Morgan fingerprint density at radius 1 is 1.25 bits per heavy atom. The topological polar surface area (TPSA) is 74.7 Å². The number of nitrogens with zero attached hydrogens (tertiary/aromatic N) is 1. The number of amides is 2. The Kier molecular flexibility index (Phi) is 2.94.